The van der Waals surface area contributed by atoms with E-state index in [4.69, 9.17) is 21.3 Å². The summed E-state index contributed by atoms with van der Waals surface area (Å²) in [7, 11) is 4.76. The van der Waals surface area contributed by atoms with Crippen LogP contribution in [0.3, 0.4) is 0 Å². The Kier molecular flexibility index (Phi) is 4.57. The van der Waals surface area contributed by atoms with Gasteiger partial charge in [0.1, 0.15) is 0 Å². The molecule has 1 atom stereocenters. The van der Waals surface area contributed by atoms with Crippen molar-refractivity contribution in [2.24, 2.45) is 0 Å². The predicted molar refractivity (Wildman–Crippen MR) is 49.0 cm³/mol. The summed E-state index contributed by atoms with van der Waals surface area (Å²) in [5, 5.41) is 0.824. The van der Waals surface area contributed by atoms with Gasteiger partial charge in [-0.05, 0) is 12.1 Å². The minimum atomic E-state index is 0.720. The van der Waals surface area contributed by atoms with Crippen LogP contribution in [0.5, 0.6) is 0 Å². The Morgan fingerprint density at radius 2 is 1.75 bits per heavy atom. The molecule has 1 fully saturated rings. The van der Waals surface area contributed by atoms with Crippen LogP contribution in [0.25, 0.3) is 0 Å². The Morgan fingerprint density at radius 3 is 2.17 bits per heavy atom. The summed E-state index contributed by atoms with van der Waals surface area (Å²) in [5.74, 6) is 0.720. The molecular formula is C9H8Cl2Zn. The molecule has 0 nitrogen and oxygen atoms in total. The second kappa shape index (κ2) is 5.22. The van der Waals surface area contributed by atoms with E-state index in [1.54, 1.807) is 0 Å². The van der Waals surface area contributed by atoms with Gasteiger partial charge >= 0.3 is 27.0 Å². The second-order valence-corrected chi connectivity index (χ2v) is 3.07. The zero-order valence-electron chi connectivity index (χ0n) is 6.63. The van der Waals surface area contributed by atoms with E-state index >= 15 is 0 Å². The van der Waals surface area contributed by atoms with Crippen molar-refractivity contribution in [3.8, 4) is 0 Å². The van der Waals surface area contributed by atoms with Crippen molar-refractivity contribution in [2.45, 2.75) is 12.3 Å². The van der Waals surface area contributed by atoms with E-state index in [0.717, 1.165) is 28.3 Å². The average Bonchev–Trinajstić information content (AvgIpc) is 2.93. The van der Waals surface area contributed by atoms with Crippen molar-refractivity contribution in [2.75, 3.05) is 0 Å². The molecule has 0 N–H and O–H groups in total. The van der Waals surface area contributed by atoms with Crippen LogP contribution in [0, 0.1) is 6.42 Å². The van der Waals surface area contributed by atoms with E-state index in [9.17, 15) is 0 Å². The van der Waals surface area contributed by atoms with Gasteiger partial charge in [-0.2, -0.15) is 12.3 Å². The molecule has 0 saturated heterocycles. The van der Waals surface area contributed by atoms with Crippen molar-refractivity contribution in [3.63, 3.8) is 0 Å². The molecule has 0 aromatic heterocycles. The Labute approximate surface area is 92.0 Å². The molecular weight excluding hydrogens is 244 g/mol. The van der Waals surface area contributed by atoms with Gasteiger partial charge in [-0.3, -0.25) is 0 Å². The summed E-state index contributed by atoms with van der Waals surface area (Å²) >= 11 is 6.57. The zero-order valence-corrected chi connectivity index (χ0v) is 11.1. The third-order valence-corrected chi connectivity index (χ3v) is 2.02. The number of rotatable bonds is 1. The standard InChI is InChI=1S/C9H8Cl.ClH.Zn/c10-9-5-3-8(4-6-9)7-1-2-7;;/h1,3-7H,2H2;1H;/q-1;;+2/p-1/t7-;;/m1../s1. The van der Waals surface area contributed by atoms with Gasteiger partial charge in [0.25, 0.3) is 0 Å². The third-order valence-electron chi connectivity index (χ3n) is 1.77. The van der Waals surface area contributed by atoms with E-state index in [1.807, 2.05) is 12.1 Å². The van der Waals surface area contributed by atoms with Gasteiger partial charge in [0, 0.05) is 5.02 Å². The molecule has 0 bridgehead atoms. The van der Waals surface area contributed by atoms with E-state index in [1.165, 1.54) is 12.0 Å². The van der Waals surface area contributed by atoms with E-state index in [2.05, 4.69) is 18.6 Å². The van der Waals surface area contributed by atoms with Crippen molar-refractivity contribution in [1.29, 1.82) is 0 Å². The summed E-state index contributed by atoms with van der Waals surface area (Å²) in [5.41, 5.74) is 1.39. The first-order valence-corrected chi connectivity index (χ1v) is 7.99. The molecule has 0 aliphatic heterocycles. The molecule has 0 heterocycles. The molecule has 1 saturated carbocycles. The van der Waals surface area contributed by atoms with Crippen molar-refractivity contribution >= 4 is 21.3 Å². The van der Waals surface area contributed by atoms with Crippen molar-refractivity contribution in [1.82, 2.24) is 0 Å². The van der Waals surface area contributed by atoms with Gasteiger partial charge in [0.2, 0.25) is 0 Å². The molecule has 12 heavy (non-hydrogen) atoms. The number of benzene rings is 1. The van der Waals surface area contributed by atoms with Crippen LogP contribution in [-0.2, 0) is 17.3 Å². The Hall–Kier alpha value is 0.423. The van der Waals surface area contributed by atoms with Crippen LogP contribution >= 0.6 is 21.3 Å². The second-order valence-electron chi connectivity index (χ2n) is 2.63. The first-order chi connectivity index (χ1) is 5.86. The summed E-state index contributed by atoms with van der Waals surface area (Å²) < 4.78 is 0. The fourth-order valence-corrected chi connectivity index (χ4v) is 1.18. The summed E-state index contributed by atoms with van der Waals surface area (Å²) in [6.45, 7) is 0. The molecule has 0 amide bonds. The normalized spacial score (nSPS) is 19.5. The predicted octanol–water partition coefficient (Wildman–Crippen LogP) is 3.72. The summed E-state index contributed by atoms with van der Waals surface area (Å²) in [6, 6.07) is 8.08. The van der Waals surface area contributed by atoms with Gasteiger partial charge in [0.05, 0.1) is 0 Å². The van der Waals surface area contributed by atoms with Gasteiger partial charge in [0.15, 0.2) is 0 Å². The average molecular weight is 252 g/mol. The van der Waals surface area contributed by atoms with E-state index in [-0.39, 0.29) is 0 Å². The number of hydrogen-bond donors (Lipinski definition) is 0. The van der Waals surface area contributed by atoms with Gasteiger partial charge in [-0.15, -0.1) is 0 Å². The van der Waals surface area contributed by atoms with Crippen LogP contribution in [0.15, 0.2) is 24.3 Å². The fourth-order valence-electron chi connectivity index (χ4n) is 1.05. The van der Waals surface area contributed by atoms with Crippen molar-refractivity contribution < 1.29 is 17.3 Å². The van der Waals surface area contributed by atoms with E-state index < -0.39 is 0 Å². The number of halogens is 2. The Morgan fingerprint density at radius 1 is 1.25 bits per heavy atom. The van der Waals surface area contributed by atoms with Gasteiger partial charge in [-0.1, -0.05) is 29.3 Å². The molecule has 60 valence electrons. The van der Waals surface area contributed by atoms with Crippen LogP contribution in [0.4, 0.5) is 0 Å². The first kappa shape index (κ1) is 10.5. The van der Waals surface area contributed by atoms with Crippen LogP contribution < -0.4 is 0 Å². The van der Waals surface area contributed by atoms with Gasteiger partial charge < -0.3 is 6.42 Å². The molecule has 1 aliphatic carbocycles. The maximum atomic E-state index is 5.73. The summed E-state index contributed by atoms with van der Waals surface area (Å²) in [4.78, 5) is 0. The SMILES string of the molecule is Clc1ccc([C@@H]2[CH-]C2)cc1.[Cl][Zn+]. The first-order valence-electron chi connectivity index (χ1n) is 3.72. The fraction of sp³-hybridized carbons (Fsp3) is 0.222. The Bertz CT molecular complexity index is 229. The van der Waals surface area contributed by atoms with Crippen molar-refractivity contribution in [3.05, 3.63) is 41.3 Å². The van der Waals surface area contributed by atoms with Crippen LogP contribution in [0.1, 0.15) is 17.9 Å². The molecule has 0 unspecified atom stereocenters. The molecule has 2 rings (SSSR count). The molecule has 1 aliphatic rings. The molecule has 3 heteroatoms. The minimum absolute atomic E-state index is 0.720. The number of hydrogen-bond acceptors (Lipinski definition) is 0. The van der Waals surface area contributed by atoms with Gasteiger partial charge in [-0.25, -0.2) is 0 Å². The third kappa shape index (κ3) is 3.05. The monoisotopic (exact) mass is 250 g/mol. The zero-order chi connectivity index (χ0) is 8.97. The molecule has 1 aromatic carbocycles. The molecule has 1 aromatic rings. The quantitative estimate of drug-likeness (QED) is 0.528. The molecule has 0 spiro atoms. The summed E-state index contributed by atoms with van der Waals surface area (Å²) in [6.07, 6.45) is 3.53. The van der Waals surface area contributed by atoms with Crippen LogP contribution in [0.2, 0.25) is 5.02 Å². The maximum absolute atomic E-state index is 5.73. The Balaban J connectivity index is 0.000000336. The van der Waals surface area contributed by atoms with Crippen LogP contribution in [-0.4, -0.2) is 0 Å². The molecule has 0 radical (unpaired) electrons. The topological polar surface area (TPSA) is 0 Å². The van der Waals surface area contributed by atoms with E-state index in [0.29, 0.717) is 0 Å².